The molecule has 0 spiro atoms. The van der Waals surface area contributed by atoms with Crippen molar-refractivity contribution >= 4 is 24.1 Å². The van der Waals surface area contributed by atoms with E-state index in [0.29, 0.717) is 11.1 Å². The van der Waals surface area contributed by atoms with Crippen molar-refractivity contribution < 1.29 is 26.4 Å². The second-order valence-corrected chi connectivity index (χ2v) is 9.65. The highest BCUT2D eigenvalue weighted by Crippen LogP contribution is 2.30. The first-order valence-electron chi connectivity index (χ1n) is 7.50. The molecule has 2 rings (SSSR count). The van der Waals surface area contributed by atoms with Gasteiger partial charge in [-0.25, -0.2) is 16.8 Å². The van der Waals surface area contributed by atoms with Crippen LogP contribution in [0.15, 0.2) is 46.2 Å². The highest BCUT2D eigenvalue weighted by Gasteiger charge is 2.46. The molecule has 9 heteroatoms. The minimum Gasteiger partial charge on any atom is -0.495 e. The summed E-state index contributed by atoms with van der Waals surface area (Å²) >= 11 is 0. The third-order valence-corrected chi connectivity index (χ3v) is 8.27. The minimum absolute atomic E-state index is 0.0544. The van der Waals surface area contributed by atoms with Crippen molar-refractivity contribution in [2.75, 3.05) is 7.11 Å². The maximum Gasteiger partial charge on any atom is 0.504 e. The van der Waals surface area contributed by atoms with Crippen molar-refractivity contribution in [2.45, 2.75) is 30.6 Å². The van der Waals surface area contributed by atoms with Crippen LogP contribution >= 0.6 is 0 Å². The predicted molar refractivity (Wildman–Crippen MR) is 96.6 cm³/mol. The number of ether oxygens (including phenoxy) is 1. The van der Waals surface area contributed by atoms with E-state index < -0.39 is 28.9 Å². The fourth-order valence-electron chi connectivity index (χ4n) is 2.86. The lowest BCUT2D eigenvalue weighted by Crippen LogP contribution is -2.27. The van der Waals surface area contributed by atoms with E-state index in [4.69, 9.17) is 4.74 Å². The Balaban J connectivity index is 2.79. The van der Waals surface area contributed by atoms with Crippen LogP contribution < -0.4 is 4.74 Å². The molecule has 26 heavy (non-hydrogen) atoms. The number of hydrogen-bond acceptors (Lipinski definition) is 5. The largest absolute Gasteiger partial charge is 0.504 e. The molecule has 0 aliphatic carbocycles. The van der Waals surface area contributed by atoms with E-state index in [1.165, 1.54) is 31.4 Å². The maximum atomic E-state index is 13.0. The van der Waals surface area contributed by atoms with Crippen LogP contribution in [0.2, 0.25) is 0 Å². The van der Waals surface area contributed by atoms with Crippen LogP contribution in [-0.4, -0.2) is 33.1 Å². The Bertz CT molecular complexity index is 1110. The fourth-order valence-corrected chi connectivity index (χ4v) is 6.76. The van der Waals surface area contributed by atoms with Gasteiger partial charge in [0.1, 0.15) is 10.6 Å². The second-order valence-electron chi connectivity index (χ2n) is 5.75. The summed E-state index contributed by atoms with van der Waals surface area (Å²) in [5.74, 6) is -0.0544. The molecule has 0 radical (unpaired) electrons. The first-order chi connectivity index (χ1) is 12.1. The van der Waals surface area contributed by atoms with Gasteiger partial charge in [0.25, 0.3) is 19.7 Å². The van der Waals surface area contributed by atoms with E-state index in [2.05, 4.69) is 4.79 Å². The Morgan fingerprint density at radius 1 is 0.962 bits per heavy atom. The Morgan fingerprint density at radius 2 is 1.50 bits per heavy atom. The Labute approximate surface area is 152 Å². The average Bonchev–Trinajstić information content (AvgIpc) is 2.53. The molecular formula is C17H18N2O5S2. The van der Waals surface area contributed by atoms with Crippen molar-refractivity contribution in [3.8, 4) is 5.75 Å². The van der Waals surface area contributed by atoms with Gasteiger partial charge in [0.05, 0.1) is 12.0 Å². The van der Waals surface area contributed by atoms with Crippen LogP contribution in [0.25, 0.3) is 5.53 Å². The lowest BCUT2D eigenvalue weighted by atomic mass is 10.1. The van der Waals surface area contributed by atoms with Crippen LogP contribution in [0, 0.1) is 20.8 Å². The molecule has 7 nitrogen and oxygen atoms in total. The van der Waals surface area contributed by atoms with E-state index in [1.54, 1.807) is 32.9 Å². The molecule has 0 heterocycles. The monoisotopic (exact) mass is 394 g/mol. The van der Waals surface area contributed by atoms with Gasteiger partial charge in [0.15, 0.2) is 0 Å². The van der Waals surface area contributed by atoms with Gasteiger partial charge < -0.3 is 10.3 Å². The van der Waals surface area contributed by atoms with Crippen molar-refractivity contribution in [1.29, 1.82) is 0 Å². The van der Waals surface area contributed by atoms with Gasteiger partial charge in [-0.2, -0.15) is 0 Å². The summed E-state index contributed by atoms with van der Waals surface area (Å²) in [6.07, 6.45) is 0. The lowest BCUT2D eigenvalue weighted by molar-refractivity contribution is 0.00378. The molecule has 138 valence electrons. The maximum absolute atomic E-state index is 13.0. The number of aryl methyl sites for hydroxylation is 3. The Kier molecular flexibility index (Phi) is 5.36. The normalized spacial score (nSPS) is 11.7. The summed E-state index contributed by atoms with van der Waals surface area (Å²) in [5.41, 5.74) is 10.9. The van der Waals surface area contributed by atoms with E-state index in [0.717, 1.165) is 5.56 Å². The van der Waals surface area contributed by atoms with Crippen molar-refractivity contribution in [3.63, 3.8) is 0 Å². The van der Waals surface area contributed by atoms with Crippen LogP contribution in [0.4, 0.5) is 0 Å². The molecule has 0 aliphatic rings. The average molecular weight is 394 g/mol. The standard InChI is InChI=1S/C17H18N2O5S2/c1-11-9-12(2)16(13(3)10-11)26(22,23)17(19-18)25(20,21)15-8-6-5-7-14(15)24-4/h5-10H,1-4H3. The van der Waals surface area contributed by atoms with Gasteiger partial charge in [-0.05, 0) is 44.0 Å². The lowest BCUT2D eigenvalue weighted by Gasteiger charge is -2.11. The molecule has 0 saturated carbocycles. The third-order valence-electron chi connectivity index (χ3n) is 3.77. The number of nitrogens with zero attached hydrogens (tertiary/aromatic N) is 2. The number of hydrogen-bond donors (Lipinski definition) is 0. The SMILES string of the molecule is COc1ccccc1S(=O)(=O)C(=[N+]=[N-])S(=O)(=O)c1c(C)cc(C)cc1C. The van der Waals surface area contributed by atoms with Crippen LogP contribution in [-0.2, 0) is 19.7 Å². The zero-order chi connectivity index (χ0) is 19.7. The quantitative estimate of drug-likeness (QED) is 0.343. The van der Waals surface area contributed by atoms with Gasteiger partial charge in [-0.3, -0.25) is 0 Å². The van der Waals surface area contributed by atoms with Gasteiger partial charge >= 0.3 is 4.38 Å². The van der Waals surface area contributed by atoms with Gasteiger partial charge in [-0.15, -0.1) is 4.79 Å². The van der Waals surface area contributed by atoms with E-state index in [9.17, 15) is 22.4 Å². The highest BCUT2D eigenvalue weighted by atomic mass is 32.3. The molecule has 0 atom stereocenters. The molecule has 2 aromatic carbocycles. The number of rotatable bonds is 3. The minimum atomic E-state index is -4.66. The Hall–Kier alpha value is -2.48. The van der Waals surface area contributed by atoms with Gasteiger partial charge in [0, 0.05) is 0 Å². The summed E-state index contributed by atoms with van der Waals surface area (Å²) in [5, 5.41) is 0. The third kappa shape index (κ3) is 3.29. The smallest absolute Gasteiger partial charge is 0.495 e. The molecule has 0 unspecified atom stereocenters. The first-order valence-corrected chi connectivity index (χ1v) is 10.5. The predicted octanol–water partition coefficient (Wildman–Crippen LogP) is 2.45. The summed E-state index contributed by atoms with van der Waals surface area (Å²) in [6, 6.07) is 8.74. The number of sulfone groups is 2. The molecule has 0 bridgehead atoms. The zero-order valence-electron chi connectivity index (χ0n) is 14.7. The second kappa shape index (κ2) is 7.03. The summed E-state index contributed by atoms with van der Waals surface area (Å²) in [7, 11) is -8.00. The van der Waals surface area contributed by atoms with Crippen LogP contribution in [0.1, 0.15) is 16.7 Å². The van der Waals surface area contributed by atoms with Gasteiger partial charge in [-0.1, -0.05) is 29.8 Å². The van der Waals surface area contributed by atoms with E-state index in [1.807, 2.05) is 0 Å². The molecule has 2 aromatic rings. The molecule has 0 saturated heterocycles. The summed E-state index contributed by atoms with van der Waals surface area (Å²) < 4.78 is 55.5. The molecule has 0 aromatic heterocycles. The topological polar surface area (TPSA) is 114 Å². The first kappa shape index (κ1) is 19.8. The van der Waals surface area contributed by atoms with Crippen molar-refractivity contribution in [2.24, 2.45) is 0 Å². The summed E-state index contributed by atoms with van der Waals surface area (Å²) in [4.78, 5) is 2.05. The number of methoxy groups -OCH3 is 1. The molecule has 0 N–H and O–H groups in total. The molecular weight excluding hydrogens is 376 g/mol. The van der Waals surface area contributed by atoms with Crippen molar-refractivity contribution in [3.05, 3.63) is 58.6 Å². The molecule has 0 fully saturated rings. The van der Waals surface area contributed by atoms with Crippen LogP contribution in [0.5, 0.6) is 5.75 Å². The van der Waals surface area contributed by atoms with E-state index >= 15 is 0 Å². The van der Waals surface area contributed by atoms with Crippen LogP contribution in [0.3, 0.4) is 0 Å². The highest BCUT2D eigenvalue weighted by molar-refractivity contribution is 8.31. The van der Waals surface area contributed by atoms with E-state index in [-0.39, 0.29) is 10.6 Å². The number of benzene rings is 2. The van der Waals surface area contributed by atoms with Crippen molar-refractivity contribution in [1.82, 2.24) is 0 Å². The zero-order valence-corrected chi connectivity index (χ0v) is 16.3. The summed E-state index contributed by atoms with van der Waals surface area (Å²) in [6.45, 7) is 4.90. The van der Waals surface area contributed by atoms with Gasteiger partial charge in [0.2, 0.25) is 0 Å². The fraction of sp³-hybridized carbons (Fsp3) is 0.235. The molecule has 0 aliphatic heterocycles. The number of para-hydroxylation sites is 1. The Morgan fingerprint density at radius 3 is 2.00 bits per heavy atom. The molecule has 0 amide bonds.